The van der Waals surface area contributed by atoms with Gasteiger partial charge in [0.1, 0.15) is 5.60 Å². The Morgan fingerprint density at radius 3 is 2.45 bits per heavy atom. The molecular weight excluding hydrogens is 598 g/mol. The van der Waals surface area contributed by atoms with Crippen LogP contribution in [0.5, 0.6) is 0 Å². The molecule has 2 atom stereocenters. The maximum atomic E-state index is 14.2. The van der Waals surface area contributed by atoms with Crippen molar-refractivity contribution in [3.63, 3.8) is 0 Å². The van der Waals surface area contributed by atoms with Crippen molar-refractivity contribution in [3.8, 4) is 5.69 Å². The normalized spacial score (nSPS) is 19.8. The fourth-order valence-corrected chi connectivity index (χ4v) is 7.77. The first-order valence-corrected chi connectivity index (χ1v) is 16.6. The summed E-state index contributed by atoms with van der Waals surface area (Å²) in [6.45, 7) is 10.3. The van der Waals surface area contributed by atoms with E-state index in [1.807, 2.05) is 50.8 Å². The Morgan fingerprint density at radius 2 is 1.77 bits per heavy atom. The van der Waals surface area contributed by atoms with E-state index in [9.17, 15) is 14.4 Å². The lowest BCUT2D eigenvalue weighted by atomic mass is 9.73. The zero-order valence-corrected chi connectivity index (χ0v) is 27.5. The minimum atomic E-state index is -0.565. The third-order valence-electron chi connectivity index (χ3n) is 8.37. The quantitative estimate of drug-likeness (QED) is 0.268. The molecule has 0 saturated carbocycles. The Bertz CT molecular complexity index is 1600. The average molecular weight is 640 g/mol. The number of aromatic nitrogens is 2. The first kappa shape index (κ1) is 32.3. The number of halogens is 1. The number of piperidine rings is 2. The molecule has 3 aromatic rings. The molecule has 2 aliphatic heterocycles. The second-order valence-electron chi connectivity index (χ2n) is 13.0. The largest absolute Gasteiger partial charge is 0.444 e. The molecule has 9 nitrogen and oxygen atoms in total. The van der Waals surface area contributed by atoms with Crippen LogP contribution in [0.3, 0.4) is 0 Å². The topological polar surface area (TPSA) is 111 Å². The zero-order valence-electron chi connectivity index (χ0n) is 26.0. The SMILES string of the molecule is Cc1cccc2c(=O)n(-c3cccc(Cl)c3)c(SC(CCN)C(=O)N3CCCC4(CCCN(C(=O)OC(C)(C)C)C4)C3)nc12. The van der Waals surface area contributed by atoms with Gasteiger partial charge in [0.15, 0.2) is 5.16 Å². The summed E-state index contributed by atoms with van der Waals surface area (Å²) >= 11 is 7.61. The van der Waals surface area contributed by atoms with E-state index in [1.54, 1.807) is 33.7 Å². The second-order valence-corrected chi connectivity index (χ2v) is 14.6. The average Bonchev–Trinajstić information content (AvgIpc) is 2.96. The van der Waals surface area contributed by atoms with Crippen molar-refractivity contribution in [2.24, 2.45) is 11.1 Å². The number of carbonyl (C=O) groups excluding carboxylic acids is 2. The summed E-state index contributed by atoms with van der Waals surface area (Å²) in [6.07, 6.45) is 3.75. The Kier molecular flexibility index (Phi) is 9.63. The Hall–Kier alpha value is -3.08. The monoisotopic (exact) mass is 639 g/mol. The van der Waals surface area contributed by atoms with E-state index in [0.717, 1.165) is 31.2 Å². The van der Waals surface area contributed by atoms with E-state index in [4.69, 9.17) is 27.1 Å². The van der Waals surface area contributed by atoms with Crippen molar-refractivity contribution in [1.29, 1.82) is 0 Å². The molecule has 1 aromatic heterocycles. The van der Waals surface area contributed by atoms with Gasteiger partial charge < -0.3 is 20.3 Å². The molecule has 2 aliphatic rings. The maximum absolute atomic E-state index is 14.2. The van der Waals surface area contributed by atoms with Gasteiger partial charge in [-0.3, -0.25) is 14.2 Å². The van der Waals surface area contributed by atoms with E-state index < -0.39 is 10.9 Å². The first-order valence-electron chi connectivity index (χ1n) is 15.3. The molecule has 0 aliphatic carbocycles. The number of aryl methyl sites for hydroxylation is 1. The number of thioether (sulfide) groups is 1. The summed E-state index contributed by atoms with van der Waals surface area (Å²) in [6, 6.07) is 12.6. The van der Waals surface area contributed by atoms with Gasteiger partial charge in [0.25, 0.3) is 5.56 Å². The van der Waals surface area contributed by atoms with Crippen LogP contribution in [-0.4, -0.2) is 74.9 Å². The van der Waals surface area contributed by atoms with Gasteiger partial charge in [-0.2, -0.15) is 0 Å². The fourth-order valence-electron chi connectivity index (χ4n) is 6.39. The van der Waals surface area contributed by atoms with Crippen molar-refractivity contribution in [3.05, 3.63) is 63.4 Å². The van der Waals surface area contributed by atoms with Crippen LogP contribution in [0.2, 0.25) is 5.02 Å². The lowest BCUT2D eigenvalue weighted by molar-refractivity contribution is -0.135. The third-order valence-corrected chi connectivity index (χ3v) is 9.82. The number of rotatable bonds is 6. The predicted octanol–water partition coefficient (Wildman–Crippen LogP) is 5.80. The number of amides is 2. The van der Waals surface area contributed by atoms with Crippen LogP contribution in [-0.2, 0) is 9.53 Å². The van der Waals surface area contributed by atoms with Gasteiger partial charge in [-0.1, -0.05) is 41.6 Å². The molecule has 2 unspecified atom stereocenters. The van der Waals surface area contributed by atoms with Gasteiger partial charge in [-0.15, -0.1) is 0 Å². The van der Waals surface area contributed by atoms with Crippen LogP contribution >= 0.6 is 23.4 Å². The second kappa shape index (κ2) is 13.1. The van der Waals surface area contributed by atoms with Crippen LogP contribution in [0, 0.1) is 12.3 Å². The summed E-state index contributed by atoms with van der Waals surface area (Å²) in [5, 5.41) is 0.877. The van der Waals surface area contributed by atoms with Crippen molar-refractivity contribution in [2.75, 3.05) is 32.7 Å². The number of carbonyl (C=O) groups is 2. The first-order chi connectivity index (χ1) is 20.9. The lowest BCUT2D eigenvalue weighted by Crippen LogP contribution is -2.56. The van der Waals surface area contributed by atoms with Crippen molar-refractivity contribution in [1.82, 2.24) is 19.4 Å². The maximum Gasteiger partial charge on any atom is 0.410 e. The number of nitrogens with zero attached hydrogens (tertiary/aromatic N) is 4. The standard InChI is InChI=1S/C33H42ClN5O4S/c1-22-9-5-12-25-27(22)36-30(39(28(25)40)24-11-6-10-23(34)19-24)44-26(13-16-35)29(41)37-17-7-14-33(20-37)15-8-18-38(21-33)31(42)43-32(2,3)4/h5-6,9-12,19,26H,7-8,13-18,20-21,35H2,1-4H3. The molecule has 0 radical (unpaired) electrons. The molecule has 2 fully saturated rings. The van der Waals surface area contributed by atoms with Crippen LogP contribution in [0.15, 0.2) is 52.4 Å². The van der Waals surface area contributed by atoms with E-state index in [1.165, 1.54) is 11.8 Å². The molecule has 3 heterocycles. The highest BCUT2D eigenvalue weighted by Crippen LogP contribution is 2.40. The molecule has 2 aromatic carbocycles. The molecule has 0 bridgehead atoms. The van der Waals surface area contributed by atoms with Gasteiger partial charge in [-0.05, 0) is 96.2 Å². The Morgan fingerprint density at radius 1 is 1.09 bits per heavy atom. The molecule has 2 amide bonds. The Balaban J connectivity index is 1.44. The predicted molar refractivity (Wildman–Crippen MR) is 176 cm³/mol. The zero-order chi connectivity index (χ0) is 31.6. The van der Waals surface area contributed by atoms with Gasteiger partial charge in [0.05, 0.1) is 21.8 Å². The molecule has 11 heteroatoms. The number of hydrogen-bond acceptors (Lipinski definition) is 7. The Labute approximate surface area is 268 Å². The summed E-state index contributed by atoms with van der Waals surface area (Å²) in [5.41, 5.74) is 7.17. The number of likely N-dealkylation sites (tertiary alicyclic amines) is 2. The summed E-state index contributed by atoms with van der Waals surface area (Å²) in [7, 11) is 0. The highest BCUT2D eigenvalue weighted by molar-refractivity contribution is 8.00. The smallest absolute Gasteiger partial charge is 0.410 e. The van der Waals surface area contributed by atoms with Gasteiger partial charge >= 0.3 is 6.09 Å². The number of ether oxygens (including phenoxy) is 1. The van der Waals surface area contributed by atoms with Crippen molar-refractivity contribution in [2.45, 2.75) is 75.8 Å². The van der Waals surface area contributed by atoms with Crippen LogP contribution in [0.25, 0.3) is 16.6 Å². The van der Waals surface area contributed by atoms with Gasteiger partial charge in [0.2, 0.25) is 5.91 Å². The number of benzene rings is 2. The number of nitrogens with two attached hydrogens (primary N) is 1. The number of hydrogen-bond donors (Lipinski definition) is 1. The molecular formula is C33H42ClN5O4S. The minimum absolute atomic E-state index is 0.0225. The van der Waals surface area contributed by atoms with Crippen LogP contribution in [0.1, 0.15) is 58.4 Å². The third kappa shape index (κ3) is 7.08. The molecule has 44 heavy (non-hydrogen) atoms. The molecule has 236 valence electrons. The lowest BCUT2D eigenvalue weighted by Gasteiger charge is -2.48. The number of para-hydroxylation sites is 1. The van der Waals surface area contributed by atoms with Gasteiger partial charge in [-0.25, -0.2) is 9.78 Å². The van der Waals surface area contributed by atoms with Gasteiger partial charge in [0, 0.05) is 36.6 Å². The van der Waals surface area contributed by atoms with E-state index >= 15 is 0 Å². The van der Waals surface area contributed by atoms with Crippen molar-refractivity contribution < 1.29 is 14.3 Å². The highest BCUT2D eigenvalue weighted by Gasteiger charge is 2.43. The summed E-state index contributed by atoms with van der Waals surface area (Å²) in [4.78, 5) is 49.8. The summed E-state index contributed by atoms with van der Waals surface area (Å²) in [5.74, 6) is -0.0225. The fraction of sp³-hybridized carbons (Fsp3) is 0.515. The van der Waals surface area contributed by atoms with E-state index in [0.29, 0.717) is 65.9 Å². The van der Waals surface area contributed by atoms with Crippen molar-refractivity contribution >= 4 is 46.3 Å². The highest BCUT2D eigenvalue weighted by atomic mass is 35.5. The number of fused-ring (bicyclic) bond motifs is 1. The molecule has 5 rings (SSSR count). The summed E-state index contributed by atoms with van der Waals surface area (Å²) < 4.78 is 7.22. The molecule has 2 N–H and O–H groups in total. The van der Waals surface area contributed by atoms with E-state index in [-0.39, 0.29) is 23.0 Å². The molecule has 1 spiro atoms. The van der Waals surface area contributed by atoms with Crippen LogP contribution in [0.4, 0.5) is 4.79 Å². The molecule has 2 saturated heterocycles. The van der Waals surface area contributed by atoms with Crippen LogP contribution < -0.4 is 11.3 Å². The minimum Gasteiger partial charge on any atom is -0.444 e. The van der Waals surface area contributed by atoms with E-state index in [2.05, 4.69) is 0 Å².